The number of hydrogen-bond donors (Lipinski definition) is 2. The Bertz CT molecular complexity index is 922. The summed E-state index contributed by atoms with van der Waals surface area (Å²) in [5.41, 5.74) is -0.324. The molecule has 0 aliphatic carbocycles. The minimum atomic E-state index is -0.841. The Kier molecular flexibility index (Phi) is 7.67. The van der Waals surface area contributed by atoms with Crippen LogP contribution in [0.4, 0.5) is 4.79 Å². The zero-order chi connectivity index (χ0) is 20.5. The first kappa shape index (κ1) is 21.1. The van der Waals surface area contributed by atoms with E-state index in [1.165, 1.54) is 4.68 Å². The predicted octanol–water partition coefficient (Wildman–Crippen LogP) is 1.59. The molecule has 9 heteroatoms. The molecule has 2 N–H and O–H groups in total. The number of imide groups is 1. The molecule has 0 saturated carbocycles. The smallest absolute Gasteiger partial charge is 0.359 e. The van der Waals surface area contributed by atoms with Gasteiger partial charge in [0.2, 0.25) is 0 Å². The molecule has 0 fully saturated rings. The summed E-state index contributed by atoms with van der Waals surface area (Å²) in [6.07, 6.45) is 2.67. The maximum absolute atomic E-state index is 12.6. The van der Waals surface area contributed by atoms with Gasteiger partial charge in [0.25, 0.3) is 11.5 Å². The molecule has 2 aromatic rings. The van der Waals surface area contributed by atoms with Crippen molar-refractivity contribution >= 4 is 28.7 Å². The molecule has 0 aliphatic heterocycles. The van der Waals surface area contributed by atoms with Gasteiger partial charge in [0.05, 0.1) is 5.39 Å². The highest BCUT2D eigenvalue weighted by atomic mass is 16.5. The van der Waals surface area contributed by atoms with Crippen LogP contribution in [-0.4, -0.2) is 40.8 Å². The lowest BCUT2D eigenvalue weighted by atomic mass is 10.1. The Morgan fingerprint density at radius 1 is 1.11 bits per heavy atom. The van der Waals surface area contributed by atoms with Gasteiger partial charge >= 0.3 is 12.0 Å². The number of nitrogens with zero attached hydrogens (tertiary/aromatic N) is 2. The Labute approximate surface area is 162 Å². The molecule has 2 rings (SSSR count). The summed E-state index contributed by atoms with van der Waals surface area (Å²) in [4.78, 5) is 48.1. The molecule has 0 atom stereocenters. The van der Waals surface area contributed by atoms with Gasteiger partial charge in [-0.25, -0.2) is 14.3 Å². The van der Waals surface area contributed by atoms with Gasteiger partial charge in [-0.05, 0) is 19.4 Å². The normalized spacial score (nSPS) is 10.5. The summed E-state index contributed by atoms with van der Waals surface area (Å²) in [6.45, 7) is 3.85. The van der Waals surface area contributed by atoms with Crippen molar-refractivity contribution in [2.24, 2.45) is 0 Å². The van der Waals surface area contributed by atoms with Crippen molar-refractivity contribution in [1.82, 2.24) is 20.4 Å². The molecule has 1 aromatic carbocycles. The van der Waals surface area contributed by atoms with Gasteiger partial charge in [0, 0.05) is 18.5 Å². The third-order valence-electron chi connectivity index (χ3n) is 3.96. The van der Waals surface area contributed by atoms with Crippen molar-refractivity contribution in [2.45, 2.75) is 39.7 Å². The molecule has 0 radical (unpaired) electrons. The molecule has 0 bridgehead atoms. The number of esters is 1. The van der Waals surface area contributed by atoms with Crippen LogP contribution < -0.4 is 16.2 Å². The molecule has 1 heterocycles. The fourth-order valence-electron chi connectivity index (χ4n) is 2.62. The second-order valence-electron chi connectivity index (χ2n) is 6.11. The molecule has 0 spiro atoms. The van der Waals surface area contributed by atoms with Gasteiger partial charge in [0.1, 0.15) is 0 Å². The van der Waals surface area contributed by atoms with Crippen LogP contribution >= 0.6 is 0 Å². The number of carbonyl (C=O) groups excluding carboxylic acids is 3. The number of unbranched alkanes of at least 4 members (excludes halogenated alkanes) is 2. The summed E-state index contributed by atoms with van der Waals surface area (Å²) >= 11 is 0. The van der Waals surface area contributed by atoms with Gasteiger partial charge in [0.15, 0.2) is 12.3 Å². The number of aryl methyl sites for hydroxylation is 1. The van der Waals surface area contributed by atoms with Crippen molar-refractivity contribution in [1.29, 1.82) is 0 Å². The lowest BCUT2D eigenvalue weighted by Crippen LogP contribution is -2.41. The SMILES string of the molecule is CCCCCn1nc(C(=O)OCC(=O)NC(=O)NCC)c2ccccc2c1=O. The number of benzene rings is 1. The number of nitrogens with one attached hydrogen (secondary N) is 2. The minimum absolute atomic E-state index is 0.0440. The van der Waals surface area contributed by atoms with Crippen LogP contribution in [0, 0.1) is 0 Å². The Morgan fingerprint density at radius 2 is 1.82 bits per heavy atom. The van der Waals surface area contributed by atoms with E-state index in [4.69, 9.17) is 4.74 Å². The largest absolute Gasteiger partial charge is 0.451 e. The number of ether oxygens (including phenoxy) is 1. The third-order valence-corrected chi connectivity index (χ3v) is 3.96. The number of urea groups is 1. The van der Waals surface area contributed by atoms with E-state index >= 15 is 0 Å². The topological polar surface area (TPSA) is 119 Å². The number of aromatic nitrogens is 2. The summed E-state index contributed by atoms with van der Waals surface area (Å²) in [5, 5.41) is 9.30. The van der Waals surface area contributed by atoms with Crippen LogP contribution in [0.25, 0.3) is 10.8 Å². The average Bonchev–Trinajstić information content (AvgIpc) is 2.68. The fraction of sp³-hybridized carbons (Fsp3) is 0.421. The van der Waals surface area contributed by atoms with Crippen molar-refractivity contribution < 1.29 is 19.1 Å². The van der Waals surface area contributed by atoms with Crippen LogP contribution in [0.15, 0.2) is 29.1 Å². The average molecular weight is 388 g/mol. The molecular weight excluding hydrogens is 364 g/mol. The fourth-order valence-corrected chi connectivity index (χ4v) is 2.62. The molecule has 3 amide bonds. The van der Waals surface area contributed by atoms with Gasteiger partial charge in [-0.2, -0.15) is 5.10 Å². The van der Waals surface area contributed by atoms with Crippen LogP contribution in [-0.2, 0) is 16.1 Å². The maximum Gasteiger partial charge on any atom is 0.359 e. The van der Waals surface area contributed by atoms with Crippen molar-refractivity contribution in [3.8, 4) is 0 Å². The number of fused-ring (bicyclic) bond motifs is 1. The van der Waals surface area contributed by atoms with Gasteiger partial charge in [-0.15, -0.1) is 0 Å². The van der Waals surface area contributed by atoms with Crippen molar-refractivity contribution in [3.05, 3.63) is 40.3 Å². The number of hydrogen-bond acceptors (Lipinski definition) is 6. The van der Waals surface area contributed by atoms with E-state index in [9.17, 15) is 19.2 Å². The Hall–Kier alpha value is -3.23. The second kappa shape index (κ2) is 10.2. The first-order chi connectivity index (χ1) is 13.5. The van der Waals surface area contributed by atoms with Crippen LogP contribution in [0.2, 0.25) is 0 Å². The molecule has 0 saturated heterocycles. The number of rotatable bonds is 8. The van der Waals surface area contributed by atoms with Gasteiger partial charge in [-0.3, -0.25) is 14.9 Å². The first-order valence-corrected chi connectivity index (χ1v) is 9.22. The van der Waals surface area contributed by atoms with Crippen molar-refractivity contribution in [2.75, 3.05) is 13.2 Å². The summed E-state index contributed by atoms with van der Waals surface area (Å²) < 4.78 is 6.24. The highest BCUT2D eigenvalue weighted by molar-refractivity contribution is 6.03. The van der Waals surface area contributed by atoms with E-state index < -0.39 is 24.5 Å². The zero-order valence-electron chi connectivity index (χ0n) is 16.0. The Balaban J connectivity index is 2.21. The van der Waals surface area contributed by atoms with Gasteiger partial charge in [-0.1, -0.05) is 38.0 Å². The molecule has 150 valence electrons. The van der Waals surface area contributed by atoms with E-state index in [-0.39, 0.29) is 11.3 Å². The van der Waals surface area contributed by atoms with Crippen LogP contribution in [0.1, 0.15) is 43.6 Å². The third kappa shape index (κ3) is 5.38. The predicted molar refractivity (Wildman–Crippen MR) is 103 cm³/mol. The monoisotopic (exact) mass is 388 g/mol. The van der Waals surface area contributed by atoms with Crippen molar-refractivity contribution in [3.63, 3.8) is 0 Å². The lowest BCUT2D eigenvalue weighted by molar-refractivity contribution is -0.123. The molecule has 0 unspecified atom stereocenters. The number of amides is 3. The molecular formula is C19H24N4O5. The van der Waals surface area contributed by atoms with E-state index in [0.29, 0.717) is 23.9 Å². The lowest BCUT2D eigenvalue weighted by Gasteiger charge is -2.11. The van der Waals surface area contributed by atoms with E-state index in [2.05, 4.69) is 10.4 Å². The maximum atomic E-state index is 12.6. The molecule has 0 aliphatic rings. The minimum Gasteiger partial charge on any atom is -0.451 e. The standard InChI is InChI=1S/C19H24N4O5/c1-3-5-8-11-23-17(25)14-10-7-6-9-13(14)16(22-23)18(26)28-12-15(24)21-19(27)20-4-2/h6-7,9-10H,3-5,8,11-12H2,1-2H3,(H2,20,21,24,27). The van der Waals surface area contributed by atoms with Crippen LogP contribution in [0.5, 0.6) is 0 Å². The van der Waals surface area contributed by atoms with E-state index in [1.54, 1.807) is 31.2 Å². The summed E-state index contributed by atoms with van der Waals surface area (Å²) in [6, 6.07) is 5.94. The molecule has 28 heavy (non-hydrogen) atoms. The van der Waals surface area contributed by atoms with E-state index in [0.717, 1.165) is 19.3 Å². The highest BCUT2D eigenvalue weighted by Crippen LogP contribution is 2.14. The quantitative estimate of drug-likeness (QED) is 0.523. The molecule has 9 nitrogen and oxygen atoms in total. The molecule has 1 aromatic heterocycles. The van der Waals surface area contributed by atoms with E-state index in [1.807, 2.05) is 12.2 Å². The Morgan fingerprint density at radius 3 is 2.50 bits per heavy atom. The highest BCUT2D eigenvalue weighted by Gasteiger charge is 2.19. The van der Waals surface area contributed by atoms with Crippen LogP contribution in [0.3, 0.4) is 0 Å². The zero-order valence-corrected chi connectivity index (χ0v) is 16.0. The first-order valence-electron chi connectivity index (χ1n) is 9.22. The second-order valence-corrected chi connectivity index (χ2v) is 6.11. The summed E-state index contributed by atoms with van der Waals surface area (Å²) in [5.74, 6) is -1.61. The number of carbonyl (C=O) groups is 3. The summed E-state index contributed by atoms with van der Waals surface area (Å²) in [7, 11) is 0. The van der Waals surface area contributed by atoms with Gasteiger partial charge < -0.3 is 10.1 Å².